The van der Waals surface area contributed by atoms with Gasteiger partial charge in [0.15, 0.2) is 5.75 Å². The average Bonchev–Trinajstić information content (AvgIpc) is 2.42. The van der Waals surface area contributed by atoms with Crippen molar-refractivity contribution in [2.45, 2.75) is 32.9 Å². The molecule has 0 amide bonds. The molecule has 1 aromatic rings. The molecule has 0 saturated heterocycles. The number of halogens is 2. The summed E-state index contributed by atoms with van der Waals surface area (Å²) in [6.45, 7) is 7.17. The molecule has 120 valence electrons. The van der Waals surface area contributed by atoms with Crippen LogP contribution in [0.1, 0.15) is 25.8 Å². The lowest BCUT2D eigenvalue weighted by molar-refractivity contribution is 0.242. The van der Waals surface area contributed by atoms with Gasteiger partial charge in [-0.2, -0.15) is 0 Å². The van der Waals surface area contributed by atoms with Gasteiger partial charge in [-0.1, -0.05) is 23.2 Å². The van der Waals surface area contributed by atoms with Crippen LogP contribution in [-0.4, -0.2) is 37.5 Å². The summed E-state index contributed by atoms with van der Waals surface area (Å²) < 4.78 is 5.60. The van der Waals surface area contributed by atoms with E-state index in [0.717, 1.165) is 25.1 Å². The summed E-state index contributed by atoms with van der Waals surface area (Å²) in [5.74, 6) is 0.547. The van der Waals surface area contributed by atoms with Crippen molar-refractivity contribution in [2.75, 3.05) is 26.2 Å². The van der Waals surface area contributed by atoms with Gasteiger partial charge < -0.3 is 20.5 Å². The van der Waals surface area contributed by atoms with E-state index in [0.29, 0.717) is 28.9 Å². The average molecular weight is 335 g/mol. The van der Waals surface area contributed by atoms with E-state index in [4.69, 9.17) is 33.0 Å². The van der Waals surface area contributed by atoms with Crippen LogP contribution in [0, 0.1) is 0 Å². The molecule has 0 fully saturated rings. The van der Waals surface area contributed by atoms with Gasteiger partial charge in [0.05, 0.1) is 22.8 Å². The van der Waals surface area contributed by atoms with E-state index in [1.165, 1.54) is 0 Å². The monoisotopic (exact) mass is 334 g/mol. The van der Waals surface area contributed by atoms with Crippen molar-refractivity contribution in [1.29, 1.82) is 0 Å². The summed E-state index contributed by atoms with van der Waals surface area (Å²) in [5, 5.41) is 16.2. The van der Waals surface area contributed by atoms with Crippen LogP contribution in [-0.2, 0) is 6.54 Å². The van der Waals surface area contributed by atoms with Crippen LogP contribution in [0.3, 0.4) is 0 Å². The Morgan fingerprint density at radius 3 is 2.29 bits per heavy atom. The second-order valence-electron chi connectivity index (χ2n) is 5.06. The van der Waals surface area contributed by atoms with E-state index >= 15 is 0 Å². The zero-order valence-corrected chi connectivity index (χ0v) is 14.1. The Kier molecular flexibility index (Phi) is 9.04. The number of benzene rings is 1. The maximum Gasteiger partial charge on any atom is 0.156 e. The Bertz CT molecular complexity index is 405. The Hall–Kier alpha value is -0.520. The fraction of sp³-hybridized carbons (Fsp3) is 0.600. The van der Waals surface area contributed by atoms with Gasteiger partial charge in [-0.3, -0.25) is 0 Å². The topological polar surface area (TPSA) is 53.5 Å². The molecule has 4 nitrogen and oxygen atoms in total. The van der Waals surface area contributed by atoms with E-state index in [1.807, 2.05) is 26.0 Å². The zero-order valence-electron chi connectivity index (χ0n) is 12.6. The van der Waals surface area contributed by atoms with Crippen LogP contribution >= 0.6 is 23.2 Å². The number of ether oxygens (including phenoxy) is 1. The van der Waals surface area contributed by atoms with E-state index in [1.54, 1.807) is 0 Å². The third-order valence-electron chi connectivity index (χ3n) is 2.74. The van der Waals surface area contributed by atoms with Crippen LogP contribution in [0.2, 0.25) is 10.0 Å². The number of aliphatic hydroxyl groups is 1. The second kappa shape index (κ2) is 10.2. The summed E-state index contributed by atoms with van der Waals surface area (Å²) in [5.41, 5.74) is 1.03. The highest BCUT2D eigenvalue weighted by Crippen LogP contribution is 2.34. The molecule has 6 heteroatoms. The zero-order chi connectivity index (χ0) is 15.7. The van der Waals surface area contributed by atoms with Crippen molar-refractivity contribution in [3.63, 3.8) is 0 Å². The summed E-state index contributed by atoms with van der Waals surface area (Å²) >= 11 is 12.4. The molecule has 0 radical (unpaired) electrons. The van der Waals surface area contributed by atoms with Crippen molar-refractivity contribution < 1.29 is 9.84 Å². The first-order valence-corrected chi connectivity index (χ1v) is 7.97. The van der Waals surface area contributed by atoms with Crippen LogP contribution < -0.4 is 15.4 Å². The molecule has 21 heavy (non-hydrogen) atoms. The second-order valence-corrected chi connectivity index (χ2v) is 5.87. The molecule has 0 aliphatic heterocycles. The maximum atomic E-state index is 8.63. The van der Waals surface area contributed by atoms with Gasteiger partial charge in [0.25, 0.3) is 0 Å². The predicted octanol–water partition coefficient (Wildman–Crippen LogP) is 2.84. The van der Waals surface area contributed by atoms with Crippen molar-refractivity contribution >= 4 is 23.2 Å². The minimum absolute atomic E-state index is 0.0374. The van der Waals surface area contributed by atoms with Crippen LogP contribution in [0.4, 0.5) is 0 Å². The molecule has 0 aliphatic carbocycles. The lowest BCUT2D eigenvalue weighted by atomic mass is 10.2. The highest BCUT2D eigenvalue weighted by Gasteiger charge is 2.11. The minimum Gasteiger partial charge on any atom is -0.488 e. The smallest absolute Gasteiger partial charge is 0.156 e. The normalized spacial score (nSPS) is 11.1. The fourth-order valence-corrected chi connectivity index (χ4v) is 2.46. The predicted molar refractivity (Wildman–Crippen MR) is 88.5 cm³/mol. The summed E-state index contributed by atoms with van der Waals surface area (Å²) in [7, 11) is 0. The lowest BCUT2D eigenvalue weighted by Crippen LogP contribution is -2.23. The highest BCUT2D eigenvalue weighted by atomic mass is 35.5. The third kappa shape index (κ3) is 7.34. The van der Waals surface area contributed by atoms with Gasteiger partial charge in [-0.25, -0.2) is 0 Å². The Labute approximate surface area is 136 Å². The Morgan fingerprint density at radius 1 is 1.10 bits per heavy atom. The van der Waals surface area contributed by atoms with Crippen LogP contribution in [0.15, 0.2) is 12.1 Å². The van der Waals surface area contributed by atoms with Crippen molar-refractivity contribution in [2.24, 2.45) is 0 Å². The molecule has 0 atom stereocenters. The molecular formula is C15H24Cl2N2O2. The molecule has 0 aliphatic rings. The largest absolute Gasteiger partial charge is 0.488 e. The molecule has 0 saturated carbocycles. The van der Waals surface area contributed by atoms with Gasteiger partial charge in [-0.05, 0) is 51.1 Å². The van der Waals surface area contributed by atoms with Crippen LogP contribution in [0.5, 0.6) is 5.75 Å². The van der Waals surface area contributed by atoms with Crippen molar-refractivity contribution in [3.05, 3.63) is 27.7 Å². The van der Waals surface area contributed by atoms with Gasteiger partial charge >= 0.3 is 0 Å². The summed E-state index contributed by atoms with van der Waals surface area (Å²) in [6.07, 6.45) is 1.03. The molecular weight excluding hydrogens is 311 g/mol. The van der Waals surface area contributed by atoms with Crippen molar-refractivity contribution in [1.82, 2.24) is 10.6 Å². The van der Waals surface area contributed by atoms with Crippen molar-refractivity contribution in [3.8, 4) is 5.75 Å². The highest BCUT2D eigenvalue weighted by molar-refractivity contribution is 6.37. The molecule has 1 aromatic carbocycles. The first-order valence-electron chi connectivity index (χ1n) is 7.21. The Balaban J connectivity index is 2.39. The van der Waals surface area contributed by atoms with E-state index in [-0.39, 0.29) is 12.7 Å². The molecule has 0 heterocycles. The molecule has 0 unspecified atom stereocenters. The standard InChI is InChI=1S/C15H24Cl2N2O2/c1-11(2)21-15-13(16)8-12(9-14(15)17)10-19-5-3-4-18-6-7-20/h8-9,11,18-20H,3-7,10H2,1-2H3. The van der Waals surface area contributed by atoms with Gasteiger partial charge in [-0.15, -0.1) is 0 Å². The molecule has 0 bridgehead atoms. The number of rotatable bonds is 10. The Morgan fingerprint density at radius 2 is 1.71 bits per heavy atom. The number of hydrogen-bond donors (Lipinski definition) is 3. The van der Waals surface area contributed by atoms with E-state index < -0.39 is 0 Å². The first kappa shape index (κ1) is 18.5. The van der Waals surface area contributed by atoms with E-state index in [2.05, 4.69) is 10.6 Å². The SMILES string of the molecule is CC(C)Oc1c(Cl)cc(CNCCCNCCO)cc1Cl. The van der Waals surface area contributed by atoms with E-state index in [9.17, 15) is 0 Å². The maximum absolute atomic E-state index is 8.63. The molecule has 0 spiro atoms. The molecule has 3 N–H and O–H groups in total. The summed E-state index contributed by atoms with van der Waals surface area (Å²) in [4.78, 5) is 0. The quantitative estimate of drug-likeness (QED) is 0.576. The molecule has 0 aromatic heterocycles. The van der Waals surface area contributed by atoms with Crippen LogP contribution in [0.25, 0.3) is 0 Å². The summed E-state index contributed by atoms with van der Waals surface area (Å²) in [6, 6.07) is 3.75. The molecule has 1 rings (SSSR count). The number of nitrogens with one attached hydrogen (secondary N) is 2. The van der Waals surface area contributed by atoms with Gasteiger partial charge in [0.1, 0.15) is 0 Å². The lowest BCUT2D eigenvalue weighted by Gasteiger charge is -2.14. The fourth-order valence-electron chi connectivity index (χ4n) is 1.84. The third-order valence-corrected chi connectivity index (χ3v) is 3.30. The number of hydrogen-bond acceptors (Lipinski definition) is 4. The van der Waals surface area contributed by atoms with Gasteiger partial charge in [0, 0.05) is 13.1 Å². The first-order chi connectivity index (χ1) is 10.0. The minimum atomic E-state index is 0.0374. The number of aliphatic hydroxyl groups excluding tert-OH is 1. The van der Waals surface area contributed by atoms with Gasteiger partial charge in [0.2, 0.25) is 0 Å².